The highest BCUT2D eigenvalue weighted by atomic mass is 16.2. The van der Waals surface area contributed by atoms with E-state index >= 15 is 0 Å². The molecule has 0 atom stereocenters. The Morgan fingerprint density at radius 3 is 2.58 bits per heavy atom. The van der Waals surface area contributed by atoms with E-state index in [2.05, 4.69) is 9.97 Å². The Hall–Kier alpha value is -3.09. The molecular weight excluding hydrogens is 308 g/mol. The molecule has 7 heteroatoms. The third-order valence-corrected chi connectivity index (χ3v) is 3.94. The van der Waals surface area contributed by atoms with Gasteiger partial charge >= 0.3 is 0 Å². The third kappa shape index (κ3) is 3.01. The van der Waals surface area contributed by atoms with E-state index in [1.165, 1.54) is 11.1 Å². The summed E-state index contributed by atoms with van der Waals surface area (Å²) < 4.78 is 0. The van der Waals surface area contributed by atoms with Crippen molar-refractivity contribution in [2.75, 3.05) is 20.1 Å². The Balaban J connectivity index is 1.61. The summed E-state index contributed by atoms with van der Waals surface area (Å²) in [5.74, 6) is -1.29. The number of pyridine rings is 2. The first kappa shape index (κ1) is 15.8. The molecule has 0 spiro atoms. The fourth-order valence-electron chi connectivity index (χ4n) is 2.48. The molecule has 2 aromatic heterocycles. The minimum Gasteiger partial charge on any atom is -0.344 e. The van der Waals surface area contributed by atoms with Gasteiger partial charge in [-0.05, 0) is 36.2 Å². The second-order valence-electron chi connectivity index (χ2n) is 5.52. The molecule has 0 saturated carbocycles. The van der Waals surface area contributed by atoms with Gasteiger partial charge in [-0.3, -0.25) is 29.3 Å². The lowest BCUT2D eigenvalue weighted by Gasteiger charge is -2.20. The summed E-state index contributed by atoms with van der Waals surface area (Å²) in [6.07, 6.45) is 5.52. The normalized spacial score (nSPS) is 13.1. The highest BCUT2D eigenvalue weighted by molar-refractivity contribution is 6.21. The molecule has 0 radical (unpaired) electrons. The zero-order chi connectivity index (χ0) is 17.1. The number of hydrogen-bond donors (Lipinski definition) is 0. The minimum atomic E-state index is -0.522. The second-order valence-corrected chi connectivity index (χ2v) is 5.52. The van der Waals surface area contributed by atoms with Gasteiger partial charge in [0, 0.05) is 32.2 Å². The number of nitrogens with zero attached hydrogens (tertiary/aromatic N) is 4. The van der Waals surface area contributed by atoms with Gasteiger partial charge in [-0.25, -0.2) is 0 Å². The van der Waals surface area contributed by atoms with Gasteiger partial charge in [-0.1, -0.05) is 0 Å². The molecule has 0 saturated heterocycles. The Labute approximate surface area is 138 Å². The van der Waals surface area contributed by atoms with Crippen LogP contribution in [0.3, 0.4) is 0 Å². The van der Waals surface area contributed by atoms with Crippen molar-refractivity contribution in [3.8, 4) is 0 Å². The van der Waals surface area contributed by atoms with Crippen molar-refractivity contribution in [1.29, 1.82) is 0 Å². The topological polar surface area (TPSA) is 83.5 Å². The van der Waals surface area contributed by atoms with Gasteiger partial charge in [0.2, 0.25) is 5.91 Å². The van der Waals surface area contributed by atoms with Gasteiger partial charge < -0.3 is 4.90 Å². The SMILES string of the molecule is CN(CCc1ccncc1)C(=O)CN1C(=O)c2cccnc2C1=O. The van der Waals surface area contributed by atoms with E-state index in [0.29, 0.717) is 13.0 Å². The molecule has 0 N–H and O–H groups in total. The van der Waals surface area contributed by atoms with Crippen LogP contribution in [0.5, 0.6) is 0 Å². The number of hydrogen-bond acceptors (Lipinski definition) is 5. The lowest BCUT2D eigenvalue weighted by Crippen LogP contribution is -2.41. The number of aromatic nitrogens is 2. The highest BCUT2D eigenvalue weighted by Crippen LogP contribution is 2.20. The first-order valence-corrected chi connectivity index (χ1v) is 7.52. The quantitative estimate of drug-likeness (QED) is 0.759. The molecule has 122 valence electrons. The lowest BCUT2D eigenvalue weighted by atomic mass is 10.2. The van der Waals surface area contributed by atoms with Crippen molar-refractivity contribution in [3.05, 3.63) is 59.7 Å². The predicted molar refractivity (Wildman–Crippen MR) is 85.2 cm³/mol. The van der Waals surface area contributed by atoms with E-state index in [9.17, 15) is 14.4 Å². The van der Waals surface area contributed by atoms with Crippen LogP contribution in [0.1, 0.15) is 26.4 Å². The van der Waals surface area contributed by atoms with Crippen LogP contribution in [-0.2, 0) is 11.2 Å². The number of rotatable bonds is 5. The summed E-state index contributed by atoms with van der Waals surface area (Å²) in [7, 11) is 1.65. The summed E-state index contributed by atoms with van der Waals surface area (Å²) in [4.78, 5) is 47.1. The van der Waals surface area contributed by atoms with E-state index in [4.69, 9.17) is 0 Å². The number of likely N-dealkylation sites (N-methyl/N-ethyl adjacent to an activating group) is 1. The smallest absolute Gasteiger partial charge is 0.280 e. The first-order chi connectivity index (χ1) is 11.6. The Morgan fingerprint density at radius 2 is 1.88 bits per heavy atom. The lowest BCUT2D eigenvalue weighted by molar-refractivity contribution is -0.130. The maximum atomic E-state index is 12.3. The molecule has 3 heterocycles. The molecular formula is C17H16N4O3. The molecule has 0 aliphatic carbocycles. The molecule has 2 aromatic rings. The monoisotopic (exact) mass is 324 g/mol. The molecule has 3 amide bonds. The van der Waals surface area contributed by atoms with Crippen molar-refractivity contribution in [2.24, 2.45) is 0 Å². The van der Waals surface area contributed by atoms with Crippen LogP contribution in [0, 0.1) is 0 Å². The summed E-state index contributed by atoms with van der Waals surface area (Å²) >= 11 is 0. The van der Waals surface area contributed by atoms with Gasteiger partial charge in [0.05, 0.1) is 5.56 Å². The van der Waals surface area contributed by atoms with Crippen molar-refractivity contribution in [2.45, 2.75) is 6.42 Å². The summed E-state index contributed by atoms with van der Waals surface area (Å²) in [6.45, 7) is 0.213. The average molecular weight is 324 g/mol. The second kappa shape index (κ2) is 6.57. The van der Waals surface area contributed by atoms with Crippen LogP contribution < -0.4 is 0 Å². The van der Waals surface area contributed by atoms with E-state index < -0.39 is 11.8 Å². The van der Waals surface area contributed by atoms with Crippen LogP contribution in [-0.4, -0.2) is 57.6 Å². The first-order valence-electron chi connectivity index (χ1n) is 7.52. The zero-order valence-electron chi connectivity index (χ0n) is 13.2. The highest BCUT2D eigenvalue weighted by Gasteiger charge is 2.38. The van der Waals surface area contributed by atoms with Gasteiger partial charge in [-0.2, -0.15) is 0 Å². The number of amides is 3. The Kier molecular flexibility index (Phi) is 4.33. The molecule has 1 aliphatic rings. The summed E-state index contributed by atoms with van der Waals surface area (Å²) in [5, 5.41) is 0. The van der Waals surface area contributed by atoms with Crippen LogP contribution in [0.2, 0.25) is 0 Å². The molecule has 1 aliphatic heterocycles. The number of carbonyl (C=O) groups excluding carboxylic acids is 3. The van der Waals surface area contributed by atoms with E-state index in [1.807, 2.05) is 12.1 Å². The molecule has 7 nitrogen and oxygen atoms in total. The van der Waals surface area contributed by atoms with E-state index in [-0.39, 0.29) is 23.7 Å². The van der Waals surface area contributed by atoms with Crippen molar-refractivity contribution >= 4 is 17.7 Å². The molecule has 0 unspecified atom stereocenters. The van der Waals surface area contributed by atoms with Crippen molar-refractivity contribution in [3.63, 3.8) is 0 Å². The molecule has 3 rings (SSSR count). The van der Waals surface area contributed by atoms with Crippen molar-refractivity contribution < 1.29 is 14.4 Å². The standard InChI is InChI=1S/C17H16N4O3/c1-20(10-6-12-4-8-18-9-5-12)14(22)11-21-16(23)13-3-2-7-19-15(13)17(21)24/h2-5,7-9H,6,10-11H2,1H3. The largest absolute Gasteiger partial charge is 0.344 e. The van der Waals surface area contributed by atoms with Gasteiger partial charge in [0.15, 0.2) is 0 Å². The fraction of sp³-hybridized carbons (Fsp3) is 0.235. The van der Waals surface area contributed by atoms with Gasteiger partial charge in [-0.15, -0.1) is 0 Å². The maximum Gasteiger partial charge on any atom is 0.280 e. The summed E-state index contributed by atoms with van der Waals surface area (Å²) in [5.41, 5.74) is 1.42. The molecule has 0 bridgehead atoms. The van der Waals surface area contributed by atoms with E-state index in [0.717, 1.165) is 10.5 Å². The number of imide groups is 1. The van der Waals surface area contributed by atoms with Crippen LogP contribution >= 0.6 is 0 Å². The van der Waals surface area contributed by atoms with Gasteiger partial charge in [0.1, 0.15) is 12.2 Å². The Bertz CT molecular complexity index is 756. The van der Waals surface area contributed by atoms with Crippen LogP contribution in [0.15, 0.2) is 42.9 Å². The number of carbonyl (C=O) groups is 3. The predicted octanol–water partition coefficient (Wildman–Crippen LogP) is 0.774. The van der Waals surface area contributed by atoms with Crippen LogP contribution in [0.25, 0.3) is 0 Å². The molecule has 0 aromatic carbocycles. The van der Waals surface area contributed by atoms with E-state index in [1.54, 1.807) is 31.6 Å². The van der Waals surface area contributed by atoms with Gasteiger partial charge in [0.25, 0.3) is 11.8 Å². The summed E-state index contributed by atoms with van der Waals surface area (Å²) in [6, 6.07) is 6.90. The minimum absolute atomic E-state index is 0.106. The molecule has 24 heavy (non-hydrogen) atoms. The zero-order valence-corrected chi connectivity index (χ0v) is 13.2. The maximum absolute atomic E-state index is 12.3. The average Bonchev–Trinajstić information content (AvgIpc) is 2.86. The van der Waals surface area contributed by atoms with Crippen molar-refractivity contribution in [1.82, 2.24) is 19.8 Å². The number of fused-ring (bicyclic) bond motifs is 1. The Morgan fingerprint density at radius 1 is 1.12 bits per heavy atom. The fourth-order valence-corrected chi connectivity index (χ4v) is 2.48. The third-order valence-electron chi connectivity index (χ3n) is 3.94. The van der Waals surface area contributed by atoms with Crippen LogP contribution in [0.4, 0.5) is 0 Å². The molecule has 0 fully saturated rings.